The third-order valence-electron chi connectivity index (χ3n) is 3.19. The maximum atomic E-state index is 11.1. The second-order valence-electron chi connectivity index (χ2n) is 4.69. The number of carboxylic acids is 1. The van der Waals surface area contributed by atoms with E-state index >= 15 is 0 Å². The molecule has 3 aromatic rings. The Bertz CT molecular complexity index is 794. The van der Waals surface area contributed by atoms with Gasteiger partial charge in [0.05, 0.1) is 16.1 Å². The van der Waals surface area contributed by atoms with Crippen LogP contribution in [-0.4, -0.2) is 16.1 Å². The molecular formula is C17H13NO2S. The molecule has 3 rings (SSSR count). The second-order valence-corrected chi connectivity index (χ2v) is 5.68. The van der Waals surface area contributed by atoms with Gasteiger partial charge in [-0.05, 0) is 24.6 Å². The Balaban J connectivity index is 2.05. The minimum Gasteiger partial charge on any atom is -0.478 e. The van der Waals surface area contributed by atoms with Gasteiger partial charge in [-0.25, -0.2) is 9.78 Å². The Morgan fingerprint density at radius 3 is 2.48 bits per heavy atom. The molecule has 104 valence electrons. The largest absolute Gasteiger partial charge is 0.478 e. The van der Waals surface area contributed by atoms with Crippen LogP contribution in [0.3, 0.4) is 0 Å². The van der Waals surface area contributed by atoms with Crippen molar-refractivity contribution in [3.63, 3.8) is 0 Å². The molecule has 3 nitrogen and oxygen atoms in total. The maximum absolute atomic E-state index is 11.1. The van der Waals surface area contributed by atoms with Gasteiger partial charge >= 0.3 is 5.97 Å². The number of thiazole rings is 1. The maximum Gasteiger partial charge on any atom is 0.335 e. The van der Waals surface area contributed by atoms with E-state index in [1.165, 1.54) is 0 Å². The summed E-state index contributed by atoms with van der Waals surface area (Å²) < 4.78 is 0. The lowest BCUT2D eigenvalue weighted by Crippen LogP contribution is -1.95. The molecule has 0 fully saturated rings. The van der Waals surface area contributed by atoms with Gasteiger partial charge in [0.1, 0.15) is 5.01 Å². The summed E-state index contributed by atoms with van der Waals surface area (Å²) >= 11 is 1.58. The first-order valence-electron chi connectivity index (χ1n) is 6.52. The first-order chi connectivity index (χ1) is 10.1. The minimum absolute atomic E-state index is 0.279. The highest BCUT2D eigenvalue weighted by Gasteiger charge is 2.12. The molecule has 0 radical (unpaired) electrons. The van der Waals surface area contributed by atoms with E-state index in [0.29, 0.717) is 0 Å². The van der Waals surface area contributed by atoms with E-state index in [2.05, 4.69) is 17.1 Å². The molecule has 0 saturated carbocycles. The van der Waals surface area contributed by atoms with Crippen molar-refractivity contribution in [2.24, 2.45) is 0 Å². The standard InChI is InChI=1S/C17H13NO2S/c1-11-15(12-6-3-2-4-7-12)21-16(18-11)13-8-5-9-14(10-13)17(19)20/h2-10H,1H3,(H,19,20). The zero-order valence-electron chi connectivity index (χ0n) is 11.4. The zero-order valence-corrected chi connectivity index (χ0v) is 12.2. The molecule has 1 heterocycles. The molecule has 0 saturated heterocycles. The SMILES string of the molecule is Cc1nc(-c2cccc(C(=O)O)c2)sc1-c1ccccc1. The van der Waals surface area contributed by atoms with E-state index in [-0.39, 0.29) is 5.56 Å². The lowest BCUT2D eigenvalue weighted by atomic mass is 10.1. The van der Waals surface area contributed by atoms with Gasteiger partial charge < -0.3 is 5.11 Å². The summed E-state index contributed by atoms with van der Waals surface area (Å²) in [7, 11) is 0. The van der Waals surface area contributed by atoms with Gasteiger partial charge in [0, 0.05) is 5.56 Å². The topological polar surface area (TPSA) is 50.2 Å². The normalized spacial score (nSPS) is 10.5. The Hall–Kier alpha value is -2.46. The number of hydrogen-bond donors (Lipinski definition) is 1. The van der Waals surface area contributed by atoms with E-state index in [0.717, 1.165) is 26.7 Å². The molecule has 0 aliphatic carbocycles. The average Bonchev–Trinajstić information content (AvgIpc) is 2.90. The van der Waals surface area contributed by atoms with Crippen LogP contribution in [0, 0.1) is 6.92 Å². The summed E-state index contributed by atoms with van der Waals surface area (Å²) in [6.45, 7) is 1.98. The summed E-state index contributed by atoms with van der Waals surface area (Å²) in [5.41, 5.74) is 3.21. The fraction of sp³-hybridized carbons (Fsp3) is 0.0588. The molecule has 0 aliphatic rings. The average molecular weight is 295 g/mol. The number of carbonyl (C=O) groups is 1. The molecule has 4 heteroatoms. The van der Waals surface area contributed by atoms with Crippen LogP contribution in [0.15, 0.2) is 54.6 Å². The Kier molecular flexibility index (Phi) is 3.54. The van der Waals surface area contributed by atoms with E-state index in [4.69, 9.17) is 5.11 Å². The van der Waals surface area contributed by atoms with Gasteiger partial charge in [0.2, 0.25) is 0 Å². The number of rotatable bonds is 3. The van der Waals surface area contributed by atoms with Gasteiger partial charge in [0.15, 0.2) is 0 Å². The van der Waals surface area contributed by atoms with Gasteiger partial charge in [0.25, 0.3) is 0 Å². The van der Waals surface area contributed by atoms with Crippen LogP contribution in [0.2, 0.25) is 0 Å². The number of hydrogen-bond acceptors (Lipinski definition) is 3. The highest BCUT2D eigenvalue weighted by atomic mass is 32.1. The van der Waals surface area contributed by atoms with Gasteiger partial charge in [-0.15, -0.1) is 11.3 Å². The fourth-order valence-electron chi connectivity index (χ4n) is 2.16. The highest BCUT2D eigenvalue weighted by Crippen LogP contribution is 2.35. The molecule has 0 atom stereocenters. The summed E-state index contributed by atoms with van der Waals surface area (Å²) in [6.07, 6.45) is 0. The predicted octanol–water partition coefficient (Wildman–Crippen LogP) is 4.48. The first kappa shape index (κ1) is 13.5. The summed E-state index contributed by atoms with van der Waals surface area (Å²) in [5, 5.41) is 9.92. The summed E-state index contributed by atoms with van der Waals surface area (Å²) in [4.78, 5) is 16.8. The Morgan fingerprint density at radius 2 is 1.76 bits per heavy atom. The smallest absolute Gasteiger partial charge is 0.335 e. The number of aromatic carboxylic acids is 1. The van der Waals surface area contributed by atoms with Crippen LogP contribution in [0.5, 0.6) is 0 Å². The van der Waals surface area contributed by atoms with Gasteiger partial charge in [-0.3, -0.25) is 0 Å². The lowest BCUT2D eigenvalue weighted by Gasteiger charge is -1.98. The molecule has 21 heavy (non-hydrogen) atoms. The molecule has 1 N–H and O–H groups in total. The summed E-state index contributed by atoms with van der Waals surface area (Å²) in [5.74, 6) is -0.923. The molecule has 2 aromatic carbocycles. The van der Waals surface area contributed by atoms with Crippen LogP contribution in [0.1, 0.15) is 16.1 Å². The van der Waals surface area contributed by atoms with E-state index in [1.807, 2.05) is 31.2 Å². The molecule has 0 bridgehead atoms. The monoisotopic (exact) mass is 295 g/mol. The third kappa shape index (κ3) is 2.71. The van der Waals surface area contributed by atoms with Crippen molar-refractivity contribution >= 4 is 17.3 Å². The molecule has 0 spiro atoms. The third-order valence-corrected chi connectivity index (χ3v) is 4.44. The molecule has 0 unspecified atom stereocenters. The van der Waals surface area contributed by atoms with Crippen LogP contribution in [0.4, 0.5) is 0 Å². The number of carboxylic acid groups (broad SMARTS) is 1. The van der Waals surface area contributed by atoms with Crippen LogP contribution >= 0.6 is 11.3 Å². The Labute approximate surface area is 126 Å². The molecular weight excluding hydrogens is 282 g/mol. The van der Waals surface area contributed by atoms with Crippen LogP contribution in [0.25, 0.3) is 21.0 Å². The molecule has 0 amide bonds. The van der Waals surface area contributed by atoms with Gasteiger partial charge in [-0.2, -0.15) is 0 Å². The quantitative estimate of drug-likeness (QED) is 0.775. The number of aromatic nitrogens is 1. The Morgan fingerprint density at radius 1 is 1.05 bits per heavy atom. The van der Waals surface area contributed by atoms with Crippen molar-refractivity contribution in [1.29, 1.82) is 0 Å². The predicted molar refractivity (Wildman–Crippen MR) is 84.7 cm³/mol. The number of nitrogens with zero attached hydrogens (tertiary/aromatic N) is 1. The summed E-state index contributed by atoms with van der Waals surface area (Å²) in [6, 6.07) is 17.0. The minimum atomic E-state index is -0.923. The van der Waals surface area contributed by atoms with Gasteiger partial charge in [-0.1, -0.05) is 42.5 Å². The van der Waals surface area contributed by atoms with Crippen LogP contribution in [-0.2, 0) is 0 Å². The first-order valence-corrected chi connectivity index (χ1v) is 7.33. The lowest BCUT2D eigenvalue weighted by molar-refractivity contribution is 0.0697. The molecule has 0 aliphatic heterocycles. The zero-order chi connectivity index (χ0) is 14.8. The van der Waals surface area contributed by atoms with Crippen molar-refractivity contribution in [2.75, 3.05) is 0 Å². The van der Waals surface area contributed by atoms with Crippen molar-refractivity contribution in [3.05, 3.63) is 65.9 Å². The van der Waals surface area contributed by atoms with Crippen molar-refractivity contribution < 1.29 is 9.90 Å². The van der Waals surface area contributed by atoms with Crippen molar-refractivity contribution in [3.8, 4) is 21.0 Å². The number of aryl methyl sites for hydroxylation is 1. The number of benzene rings is 2. The van der Waals surface area contributed by atoms with E-state index in [9.17, 15) is 4.79 Å². The highest BCUT2D eigenvalue weighted by molar-refractivity contribution is 7.18. The van der Waals surface area contributed by atoms with Crippen LogP contribution < -0.4 is 0 Å². The fourth-order valence-corrected chi connectivity index (χ4v) is 3.23. The van der Waals surface area contributed by atoms with E-state index < -0.39 is 5.97 Å². The molecule has 1 aromatic heterocycles. The van der Waals surface area contributed by atoms with E-state index in [1.54, 1.807) is 29.5 Å². The second kappa shape index (κ2) is 5.50. The van der Waals surface area contributed by atoms with Crippen molar-refractivity contribution in [2.45, 2.75) is 6.92 Å². The van der Waals surface area contributed by atoms with Crippen molar-refractivity contribution in [1.82, 2.24) is 4.98 Å².